The van der Waals surface area contributed by atoms with Crippen LogP contribution in [0.3, 0.4) is 0 Å². The number of hydrogen-bond donors (Lipinski definition) is 0. The van der Waals surface area contributed by atoms with Crippen molar-refractivity contribution in [3.05, 3.63) is 23.6 Å². The molecule has 0 aromatic heterocycles. The minimum Gasteiger partial charge on any atom is -0.206 e. The maximum Gasteiger partial charge on any atom is 0.137 e. The van der Waals surface area contributed by atoms with Crippen molar-refractivity contribution >= 4 is 0 Å². The summed E-state index contributed by atoms with van der Waals surface area (Å²) in [4.78, 5) is 0. The van der Waals surface area contributed by atoms with E-state index in [2.05, 4.69) is 0 Å². The quantitative estimate of drug-likeness (QED) is 0.522. The molecule has 0 bridgehead atoms. The van der Waals surface area contributed by atoms with Gasteiger partial charge in [-0.05, 0) is 17.9 Å². The molecule has 0 saturated carbocycles. The van der Waals surface area contributed by atoms with Crippen LogP contribution >= 0.6 is 0 Å². The lowest BCUT2D eigenvalue weighted by atomic mass is 9.84. The van der Waals surface area contributed by atoms with Crippen LogP contribution in [0.25, 0.3) is 0 Å². The average Bonchev–Trinajstić information content (AvgIpc) is 1.86. The van der Waals surface area contributed by atoms with E-state index in [1.165, 1.54) is 6.08 Å². The third-order valence-electron chi connectivity index (χ3n) is 1.73. The molecule has 0 fully saturated rings. The Labute approximate surface area is 65.8 Å². The standard InChI is InChI=1S/C9H10FN/c1-9(2)4-3-7(6-11)8(10)5-9/h3,5H,4H2,1-2H3. The minimum atomic E-state index is -0.385. The number of rotatable bonds is 0. The molecule has 0 atom stereocenters. The van der Waals surface area contributed by atoms with Gasteiger partial charge in [-0.1, -0.05) is 19.9 Å². The topological polar surface area (TPSA) is 23.8 Å². The highest BCUT2D eigenvalue weighted by Crippen LogP contribution is 2.32. The van der Waals surface area contributed by atoms with Gasteiger partial charge in [0.15, 0.2) is 0 Å². The smallest absolute Gasteiger partial charge is 0.137 e. The predicted molar refractivity (Wildman–Crippen MR) is 41.3 cm³/mol. The third kappa shape index (κ3) is 1.68. The summed E-state index contributed by atoms with van der Waals surface area (Å²) in [6.45, 7) is 3.88. The van der Waals surface area contributed by atoms with Gasteiger partial charge in [0.25, 0.3) is 0 Å². The van der Waals surface area contributed by atoms with Gasteiger partial charge in [0, 0.05) is 0 Å². The van der Waals surface area contributed by atoms with Crippen LogP contribution in [-0.4, -0.2) is 0 Å². The third-order valence-corrected chi connectivity index (χ3v) is 1.73. The summed E-state index contributed by atoms with van der Waals surface area (Å²) in [6.07, 6.45) is 3.89. The van der Waals surface area contributed by atoms with Crippen LogP contribution < -0.4 is 0 Å². The van der Waals surface area contributed by atoms with Crippen molar-refractivity contribution in [3.8, 4) is 6.07 Å². The van der Waals surface area contributed by atoms with Crippen molar-refractivity contribution in [2.45, 2.75) is 20.3 Å². The summed E-state index contributed by atoms with van der Waals surface area (Å²) in [5.74, 6) is -0.385. The highest BCUT2D eigenvalue weighted by atomic mass is 19.1. The molecule has 1 aliphatic carbocycles. The maximum atomic E-state index is 12.9. The molecule has 0 N–H and O–H groups in total. The second kappa shape index (κ2) is 2.50. The van der Waals surface area contributed by atoms with Crippen LogP contribution in [0.15, 0.2) is 23.6 Å². The summed E-state index contributed by atoms with van der Waals surface area (Å²) in [5, 5.41) is 8.43. The summed E-state index contributed by atoms with van der Waals surface area (Å²) in [6, 6.07) is 1.81. The maximum absolute atomic E-state index is 12.9. The van der Waals surface area contributed by atoms with E-state index >= 15 is 0 Å². The molecule has 0 aromatic carbocycles. The molecular formula is C9H10FN. The molecule has 1 aliphatic rings. The summed E-state index contributed by atoms with van der Waals surface area (Å²) < 4.78 is 12.9. The predicted octanol–water partition coefficient (Wildman–Crippen LogP) is 2.72. The lowest BCUT2D eigenvalue weighted by Gasteiger charge is -2.21. The van der Waals surface area contributed by atoms with Crippen molar-refractivity contribution in [2.75, 3.05) is 0 Å². The van der Waals surface area contributed by atoms with Gasteiger partial charge >= 0.3 is 0 Å². The SMILES string of the molecule is CC1(C)C=C(F)C(C#N)=CC1. The molecule has 0 aromatic rings. The van der Waals surface area contributed by atoms with E-state index in [0.717, 1.165) is 6.42 Å². The zero-order chi connectivity index (χ0) is 8.48. The fraction of sp³-hybridized carbons (Fsp3) is 0.444. The van der Waals surface area contributed by atoms with E-state index in [1.54, 1.807) is 6.08 Å². The molecule has 0 unspecified atom stereocenters. The first-order chi connectivity index (χ1) is 5.05. The Hall–Kier alpha value is -1.10. The van der Waals surface area contributed by atoms with Crippen LogP contribution in [-0.2, 0) is 0 Å². The van der Waals surface area contributed by atoms with Crippen molar-refractivity contribution in [3.63, 3.8) is 0 Å². The van der Waals surface area contributed by atoms with E-state index in [-0.39, 0.29) is 16.8 Å². The Morgan fingerprint density at radius 1 is 1.64 bits per heavy atom. The van der Waals surface area contributed by atoms with Gasteiger partial charge in [-0.2, -0.15) is 5.26 Å². The summed E-state index contributed by atoms with van der Waals surface area (Å²) in [7, 11) is 0. The van der Waals surface area contributed by atoms with Crippen LogP contribution in [0.1, 0.15) is 20.3 Å². The average molecular weight is 151 g/mol. The van der Waals surface area contributed by atoms with Crippen LogP contribution in [0.5, 0.6) is 0 Å². The highest BCUT2D eigenvalue weighted by Gasteiger charge is 2.21. The molecule has 11 heavy (non-hydrogen) atoms. The molecule has 0 amide bonds. The van der Waals surface area contributed by atoms with Gasteiger partial charge in [0.2, 0.25) is 0 Å². The first kappa shape index (κ1) is 8.00. The number of halogens is 1. The fourth-order valence-corrected chi connectivity index (χ4v) is 1.04. The van der Waals surface area contributed by atoms with Crippen LogP contribution in [0, 0.1) is 16.7 Å². The molecule has 0 radical (unpaired) electrons. The van der Waals surface area contributed by atoms with E-state index in [0.29, 0.717) is 0 Å². The van der Waals surface area contributed by atoms with Gasteiger partial charge < -0.3 is 0 Å². The Balaban J connectivity index is 2.94. The molecule has 58 valence electrons. The van der Waals surface area contributed by atoms with Gasteiger partial charge in [0.1, 0.15) is 11.9 Å². The second-order valence-electron chi connectivity index (χ2n) is 3.41. The molecule has 2 heteroatoms. The van der Waals surface area contributed by atoms with E-state index in [9.17, 15) is 4.39 Å². The number of nitriles is 1. The van der Waals surface area contributed by atoms with Gasteiger partial charge in [-0.15, -0.1) is 0 Å². The van der Waals surface area contributed by atoms with Crippen molar-refractivity contribution in [1.29, 1.82) is 5.26 Å². The van der Waals surface area contributed by atoms with Crippen molar-refractivity contribution in [2.24, 2.45) is 5.41 Å². The minimum absolute atomic E-state index is 0.134. The van der Waals surface area contributed by atoms with E-state index in [1.807, 2.05) is 19.9 Å². The zero-order valence-electron chi connectivity index (χ0n) is 6.69. The number of allylic oxidation sites excluding steroid dienone is 4. The van der Waals surface area contributed by atoms with Crippen LogP contribution in [0.2, 0.25) is 0 Å². The van der Waals surface area contributed by atoms with Gasteiger partial charge in [-0.3, -0.25) is 0 Å². The van der Waals surface area contributed by atoms with E-state index < -0.39 is 0 Å². The Kier molecular flexibility index (Phi) is 1.82. The summed E-state index contributed by atoms with van der Waals surface area (Å²) >= 11 is 0. The summed E-state index contributed by atoms with van der Waals surface area (Å²) in [5.41, 5.74) is 0.0362. The first-order valence-corrected chi connectivity index (χ1v) is 3.54. The van der Waals surface area contributed by atoms with E-state index in [4.69, 9.17) is 5.26 Å². The number of hydrogen-bond acceptors (Lipinski definition) is 1. The molecular weight excluding hydrogens is 141 g/mol. The lowest BCUT2D eigenvalue weighted by molar-refractivity contribution is 0.458. The second-order valence-corrected chi connectivity index (χ2v) is 3.41. The molecule has 0 spiro atoms. The molecule has 0 saturated heterocycles. The molecule has 0 aliphatic heterocycles. The zero-order valence-corrected chi connectivity index (χ0v) is 6.69. The first-order valence-electron chi connectivity index (χ1n) is 3.54. The lowest BCUT2D eigenvalue weighted by Crippen LogP contribution is -2.10. The van der Waals surface area contributed by atoms with Crippen molar-refractivity contribution in [1.82, 2.24) is 0 Å². The van der Waals surface area contributed by atoms with Gasteiger partial charge in [0.05, 0.1) is 5.57 Å². The highest BCUT2D eigenvalue weighted by molar-refractivity contribution is 5.41. The normalized spacial score (nSPS) is 21.6. The Morgan fingerprint density at radius 2 is 2.27 bits per heavy atom. The number of nitrogens with zero attached hydrogens (tertiary/aromatic N) is 1. The van der Waals surface area contributed by atoms with Crippen molar-refractivity contribution < 1.29 is 4.39 Å². The molecule has 0 heterocycles. The van der Waals surface area contributed by atoms with Gasteiger partial charge in [-0.25, -0.2) is 4.39 Å². The molecule has 1 nitrogen and oxygen atoms in total. The van der Waals surface area contributed by atoms with Crippen LogP contribution in [0.4, 0.5) is 4.39 Å². The Morgan fingerprint density at radius 3 is 2.73 bits per heavy atom. The largest absolute Gasteiger partial charge is 0.206 e. The monoisotopic (exact) mass is 151 g/mol. The Bertz CT molecular complexity index is 266. The molecule has 1 rings (SSSR count). The fourth-order valence-electron chi connectivity index (χ4n) is 1.04.